The van der Waals surface area contributed by atoms with E-state index in [2.05, 4.69) is 10.3 Å². The lowest BCUT2D eigenvalue weighted by Crippen LogP contribution is -2.46. The molecule has 0 spiro atoms. The first kappa shape index (κ1) is 15.2. The van der Waals surface area contributed by atoms with Crippen LogP contribution in [0.5, 0.6) is 0 Å². The van der Waals surface area contributed by atoms with Crippen molar-refractivity contribution in [2.45, 2.75) is 18.9 Å². The Morgan fingerprint density at radius 2 is 2.18 bits per heavy atom. The Morgan fingerprint density at radius 1 is 1.41 bits per heavy atom. The smallest absolute Gasteiger partial charge is 0.244 e. The van der Waals surface area contributed by atoms with Crippen molar-refractivity contribution in [2.24, 2.45) is 0 Å². The molecule has 1 aromatic heterocycles. The third-order valence-electron chi connectivity index (χ3n) is 3.62. The third kappa shape index (κ3) is 3.36. The molecular weight excluding hydrogens is 320 g/mol. The first-order valence-corrected chi connectivity index (χ1v) is 9.55. The van der Waals surface area contributed by atoms with Crippen molar-refractivity contribution in [3.63, 3.8) is 0 Å². The molecule has 1 amide bonds. The van der Waals surface area contributed by atoms with Crippen molar-refractivity contribution >= 4 is 43.4 Å². The number of nitrogens with one attached hydrogen (secondary N) is 1. The molecule has 0 radical (unpaired) electrons. The average molecular weight is 336 g/mol. The van der Waals surface area contributed by atoms with Gasteiger partial charge in [0, 0.05) is 6.08 Å². The number of amides is 1. The van der Waals surface area contributed by atoms with E-state index in [-0.39, 0.29) is 17.4 Å². The second kappa shape index (κ2) is 5.48. The number of sulfone groups is 1. The minimum absolute atomic E-state index is 0.000712. The zero-order valence-corrected chi connectivity index (χ0v) is 13.7. The van der Waals surface area contributed by atoms with E-state index in [1.54, 1.807) is 13.0 Å². The molecule has 0 unspecified atom stereocenters. The molecule has 2 aromatic rings. The summed E-state index contributed by atoms with van der Waals surface area (Å²) in [5.41, 5.74) is 0.231. The lowest BCUT2D eigenvalue weighted by Gasteiger charge is -2.22. The molecule has 22 heavy (non-hydrogen) atoms. The van der Waals surface area contributed by atoms with Crippen LogP contribution in [0.25, 0.3) is 16.3 Å². The van der Waals surface area contributed by atoms with Crippen molar-refractivity contribution in [3.8, 4) is 0 Å². The summed E-state index contributed by atoms with van der Waals surface area (Å²) >= 11 is 1.51. The minimum atomic E-state index is -3.03. The Balaban J connectivity index is 1.69. The van der Waals surface area contributed by atoms with Gasteiger partial charge in [-0.2, -0.15) is 0 Å². The van der Waals surface area contributed by atoms with E-state index in [1.807, 2.05) is 24.3 Å². The summed E-state index contributed by atoms with van der Waals surface area (Å²) in [4.78, 5) is 16.4. The standard InChI is InChI=1S/C15H16N2O3S2/c1-15(8-9-22(19,20)10-15)17-13(18)6-7-14-16-11-4-2-3-5-12(11)21-14/h2-7H,8-10H2,1H3,(H,17,18)/b7-6+/t15-/m0/s1. The summed E-state index contributed by atoms with van der Waals surface area (Å²) in [5.74, 6) is -0.162. The number of hydrogen-bond donors (Lipinski definition) is 1. The highest BCUT2D eigenvalue weighted by molar-refractivity contribution is 7.91. The Kier molecular flexibility index (Phi) is 3.78. The van der Waals surface area contributed by atoms with E-state index >= 15 is 0 Å². The maximum absolute atomic E-state index is 12.0. The molecule has 1 atom stereocenters. The second-order valence-electron chi connectivity index (χ2n) is 5.75. The Hall–Kier alpha value is -1.73. The number of aromatic nitrogens is 1. The maximum Gasteiger partial charge on any atom is 0.244 e. The van der Waals surface area contributed by atoms with Crippen LogP contribution in [0.1, 0.15) is 18.4 Å². The Morgan fingerprint density at radius 3 is 2.86 bits per heavy atom. The molecule has 5 nitrogen and oxygen atoms in total. The Bertz CT molecular complexity index is 822. The molecule has 1 N–H and O–H groups in total. The van der Waals surface area contributed by atoms with Gasteiger partial charge in [0.05, 0.1) is 27.3 Å². The lowest BCUT2D eigenvalue weighted by atomic mass is 10.0. The SMILES string of the molecule is C[C@]1(NC(=O)/C=C/c2nc3ccccc3s2)CCS(=O)(=O)C1. The zero-order valence-electron chi connectivity index (χ0n) is 12.1. The number of benzene rings is 1. The van der Waals surface area contributed by atoms with Gasteiger partial charge in [0.15, 0.2) is 9.84 Å². The van der Waals surface area contributed by atoms with E-state index in [0.717, 1.165) is 15.2 Å². The topological polar surface area (TPSA) is 76.1 Å². The molecule has 0 bridgehead atoms. The molecule has 0 saturated carbocycles. The van der Waals surface area contributed by atoms with E-state index in [9.17, 15) is 13.2 Å². The highest BCUT2D eigenvalue weighted by Crippen LogP contribution is 2.24. The number of fused-ring (bicyclic) bond motifs is 1. The van der Waals surface area contributed by atoms with Gasteiger partial charge in [-0.3, -0.25) is 4.79 Å². The van der Waals surface area contributed by atoms with Crippen LogP contribution in [-0.4, -0.2) is 36.4 Å². The van der Waals surface area contributed by atoms with E-state index in [1.165, 1.54) is 17.4 Å². The van der Waals surface area contributed by atoms with Crippen LogP contribution in [-0.2, 0) is 14.6 Å². The fraction of sp³-hybridized carbons (Fsp3) is 0.333. The van der Waals surface area contributed by atoms with Gasteiger partial charge in [0.2, 0.25) is 5.91 Å². The molecule has 116 valence electrons. The van der Waals surface area contributed by atoms with Crippen LogP contribution in [0.3, 0.4) is 0 Å². The quantitative estimate of drug-likeness (QED) is 0.870. The molecule has 7 heteroatoms. The van der Waals surface area contributed by atoms with Crippen LogP contribution < -0.4 is 5.32 Å². The molecule has 1 saturated heterocycles. The maximum atomic E-state index is 12.0. The molecule has 3 rings (SSSR count). The van der Waals surface area contributed by atoms with Gasteiger partial charge in [0.1, 0.15) is 5.01 Å². The summed E-state index contributed by atoms with van der Waals surface area (Å²) in [5, 5.41) is 3.54. The number of para-hydroxylation sites is 1. The number of carbonyl (C=O) groups excluding carboxylic acids is 1. The monoisotopic (exact) mass is 336 g/mol. The minimum Gasteiger partial charge on any atom is -0.346 e. The van der Waals surface area contributed by atoms with Crippen LogP contribution in [0.15, 0.2) is 30.3 Å². The van der Waals surface area contributed by atoms with Crippen molar-refractivity contribution in [3.05, 3.63) is 35.3 Å². The molecule has 1 aliphatic rings. The fourth-order valence-electron chi connectivity index (χ4n) is 2.56. The van der Waals surface area contributed by atoms with Gasteiger partial charge in [-0.15, -0.1) is 11.3 Å². The van der Waals surface area contributed by atoms with Gasteiger partial charge >= 0.3 is 0 Å². The molecule has 2 heterocycles. The van der Waals surface area contributed by atoms with Crippen molar-refractivity contribution in [1.29, 1.82) is 0 Å². The van der Waals surface area contributed by atoms with Gasteiger partial charge in [-0.25, -0.2) is 13.4 Å². The van der Waals surface area contributed by atoms with E-state index < -0.39 is 15.4 Å². The number of hydrogen-bond acceptors (Lipinski definition) is 5. The van der Waals surface area contributed by atoms with Crippen LogP contribution >= 0.6 is 11.3 Å². The first-order chi connectivity index (χ1) is 10.4. The van der Waals surface area contributed by atoms with Crippen molar-refractivity contribution in [1.82, 2.24) is 10.3 Å². The van der Waals surface area contributed by atoms with Gasteiger partial charge in [0.25, 0.3) is 0 Å². The predicted octanol–water partition coefficient (Wildman–Crippen LogP) is 2.00. The zero-order chi connectivity index (χ0) is 15.8. The van der Waals surface area contributed by atoms with Crippen LogP contribution in [0.2, 0.25) is 0 Å². The number of rotatable bonds is 3. The molecular formula is C15H16N2O3S2. The van der Waals surface area contributed by atoms with Gasteiger partial charge in [-0.05, 0) is 31.6 Å². The summed E-state index contributed by atoms with van der Waals surface area (Å²) in [6.07, 6.45) is 3.52. The molecule has 1 fully saturated rings. The molecule has 1 aliphatic heterocycles. The Labute approximate surface area is 133 Å². The number of nitrogens with zero attached hydrogens (tertiary/aromatic N) is 1. The van der Waals surface area contributed by atoms with Gasteiger partial charge in [-0.1, -0.05) is 12.1 Å². The normalized spacial score (nSPS) is 24.0. The highest BCUT2D eigenvalue weighted by atomic mass is 32.2. The summed E-state index contributed by atoms with van der Waals surface area (Å²) in [6.45, 7) is 1.76. The van der Waals surface area contributed by atoms with Crippen molar-refractivity contribution in [2.75, 3.05) is 11.5 Å². The van der Waals surface area contributed by atoms with Gasteiger partial charge < -0.3 is 5.32 Å². The second-order valence-corrected chi connectivity index (χ2v) is 8.99. The molecule has 0 aliphatic carbocycles. The van der Waals surface area contributed by atoms with E-state index in [4.69, 9.17) is 0 Å². The lowest BCUT2D eigenvalue weighted by molar-refractivity contribution is -0.117. The van der Waals surface area contributed by atoms with Crippen LogP contribution in [0.4, 0.5) is 0 Å². The fourth-order valence-corrected chi connectivity index (χ4v) is 5.52. The third-order valence-corrected chi connectivity index (χ3v) is 6.52. The largest absolute Gasteiger partial charge is 0.346 e. The van der Waals surface area contributed by atoms with E-state index in [0.29, 0.717) is 6.42 Å². The summed E-state index contributed by atoms with van der Waals surface area (Å²) in [7, 11) is -3.03. The summed E-state index contributed by atoms with van der Waals surface area (Å²) < 4.78 is 24.1. The average Bonchev–Trinajstić information content (AvgIpc) is 2.96. The highest BCUT2D eigenvalue weighted by Gasteiger charge is 2.39. The number of carbonyl (C=O) groups is 1. The van der Waals surface area contributed by atoms with Crippen LogP contribution in [0, 0.1) is 0 Å². The predicted molar refractivity (Wildman–Crippen MR) is 88.5 cm³/mol. The number of thiazole rings is 1. The first-order valence-electron chi connectivity index (χ1n) is 6.92. The molecule has 1 aromatic carbocycles. The van der Waals surface area contributed by atoms with Crippen molar-refractivity contribution < 1.29 is 13.2 Å². The summed E-state index contributed by atoms with van der Waals surface area (Å²) in [6, 6.07) is 7.77.